The molecule has 0 atom stereocenters. The summed E-state index contributed by atoms with van der Waals surface area (Å²) >= 11 is 0. The second-order valence-electron chi connectivity index (χ2n) is 11.6. The lowest BCUT2D eigenvalue weighted by atomic mass is 9.34. The third kappa shape index (κ3) is 3.61. The van der Waals surface area contributed by atoms with Gasteiger partial charge in [-0.25, -0.2) is 0 Å². The molecule has 0 amide bonds. The van der Waals surface area contributed by atoms with Gasteiger partial charge in [0.1, 0.15) is 0 Å². The van der Waals surface area contributed by atoms with Crippen molar-refractivity contribution in [2.75, 3.05) is 11.4 Å². The van der Waals surface area contributed by atoms with E-state index in [9.17, 15) is 0 Å². The SMILES string of the molecule is c1ccc(CCN2c3ccccc3B3c4c2cccc4-n2c(-c4ccccc4)c(-c4ccccc4)c4cccc3c42)cc1. The van der Waals surface area contributed by atoms with E-state index in [1.807, 2.05) is 0 Å². The summed E-state index contributed by atoms with van der Waals surface area (Å²) in [5, 5.41) is 1.31. The molecule has 6 aromatic carbocycles. The molecule has 2 aliphatic heterocycles. The van der Waals surface area contributed by atoms with Gasteiger partial charge in [0.2, 0.25) is 0 Å². The van der Waals surface area contributed by atoms with E-state index in [2.05, 4.69) is 161 Å². The lowest BCUT2D eigenvalue weighted by Crippen LogP contribution is -2.61. The van der Waals surface area contributed by atoms with Gasteiger partial charge in [-0.1, -0.05) is 133 Å². The second kappa shape index (κ2) is 9.64. The van der Waals surface area contributed by atoms with E-state index < -0.39 is 0 Å². The molecule has 0 radical (unpaired) electrons. The second-order valence-corrected chi connectivity index (χ2v) is 11.6. The van der Waals surface area contributed by atoms with Crippen molar-refractivity contribution in [2.24, 2.45) is 0 Å². The van der Waals surface area contributed by atoms with Gasteiger partial charge in [0, 0.05) is 40.1 Å². The van der Waals surface area contributed by atoms with E-state index in [1.165, 1.54) is 72.3 Å². The Labute approximate surface area is 252 Å². The summed E-state index contributed by atoms with van der Waals surface area (Å²) in [6, 6.07) is 55.7. The van der Waals surface area contributed by atoms with Crippen molar-refractivity contribution in [3.63, 3.8) is 0 Å². The lowest BCUT2D eigenvalue weighted by Gasteiger charge is -2.40. The van der Waals surface area contributed by atoms with E-state index in [-0.39, 0.29) is 6.71 Å². The van der Waals surface area contributed by atoms with Crippen molar-refractivity contribution in [1.29, 1.82) is 0 Å². The Balaban J connectivity index is 1.36. The van der Waals surface area contributed by atoms with Crippen molar-refractivity contribution < 1.29 is 0 Å². The maximum absolute atomic E-state index is 2.57. The van der Waals surface area contributed by atoms with Crippen LogP contribution in [0.15, 0.2) is 152 Å². The first-order valence-electron chi connectivity index (χ1n) is 15.2. The molecule has 2 nitrogen and oxygen atoms in total. The first-order chi connectivity index (χ1) is 21.4. The highest BCUT2D eigenvalue weighted by atomic mass is 15.1. The molecule has 0 fully saturated rings. The Bertz CT molecular complexity index is 2130. The third-order valence-electron chi connectivity index (χ3n) is 9.33. The van der Waals surface area contributed by atoms with Crippen molar-refractivity contribution in [2.45, 2.75) is 6.42 Å². The maximum atomic E-state index is 2.57. The fraction of sp³-hybridized carbons (Fsp3) is 0.0500. The molecular formula is C40H29BN2. The Morgan fingerprint density at radius 1 is 0.488 bits per heavy atom. The number of benzene rings is 6. The third-order valence-corrected chi connectivity index (χ3v) is 9.33. The van der Waals surface area contributed by atoms with Crippen LogP contribution in [0, 0.1) is 0 Å². The van der Waals surface area contributed by atoms with Crippen LogP contribution in [0.1, 0.15) is 5.56 Å². The highest BCUT2D eigenvalue weighted by Crippen LogP contribution is 2.44. The Hall–Kier alpha value is -5.28. The van der Waals surface area contributed by atoms with E-state index in [0.29, 0.717) is 0 Å². The zero-order chi connectivity index (χ0) is 28.3. The summed E-state index contributed by atoms with van der Waals surface area (Å²) in [6.45, 7) is 1.10. The summed E-state index contributed by atoms with van der Waals surface area (Å²) in [6.07, 6.45) is 0.987. The minimum Gasteiger partial charge on any atom is -0.342 e. The highest BCUT2D eigenvalue weighted by Gasteiger charge is 2.41. The smallest absolute Gasteiger partial charge is 0.252 e. The normalized spacial score (nSPS) is 12.7. The summed E-state index contributed by atoms with van der Waals surface area (Å²) in [5.41, 5.74) is 15.8. The average molecular weight is 548 g/mol. The standard InChI is InChI=1S/C40H29BN2/c1-4-14-28(15-5-1)26-27-42-34-23-11-10-21-32(34)41-33-22-12-20-31-37(29-16-6-2-7-17-29)39(30-18-8-3-9-19-30)43(40(31)33)36-25-13-24-35(42)38(36)41/h1-25H,26-27H2. The molecule has 0 N–H and O–H groups in total. The van der Waals surface area contributed by atoms with Gasteiger partial charge in [0.05, 0.1) is 5.69 Å². The molecule has 0 saturated heterocycles. The molecule has 43 heavy (non-hydrogen) atoms. The predicted molar refractivity (Wildman–Crippen MR) is 182 cm³/mol. The number of hydrogen-bond donors (Lipinski definition) is 0. The number of nitrogens with zero attached hydrogens (tertiary/aromatic N) is 2. The van der Waals surface area contributed by atoms with Crippen molar-refractivity contribution >= 4 is 45.4 Å². The fourth-order valence-corrected chi connectivity index (χ4v) is 7.58. The quantitative estimate of drug-likeness (QED) is 0.203. The molecule has 0 aliphatic carbocycles. The summed E-state index contributed by atoms with van der Waals surface area (Å²) in [7, 11) is 0. The number of aromatic nitrogens is 1. The molecule has 7 aromatic rings. The van der Waals surface area contributed by atoms with Gasteiger partial charge < -0.3 is 9.47 Å². The maximum Gasteiger partial charge on any atom is 0.252 e. The molecule has 3 heteroatoms. The monoisotopic (exact) mass is 548 g/mol. The van der Waals surface area contributed by atoms with Crippen LogP contribution in [0.2, 0.25) is 0 Å². The van der Waals surface area contributed by atoms with Crippen LogP contribution in [0.25, 0.3) is 39.0 Å². The van der Waals surface area contributed by atoms with E-state index in [0.717, 1.165) is 13.0 Å². The first kappa shape index (κ1) is 24.3. The highest BCUT2D eigenvalue weighted by molar-refractivity contribution is 7.00. The van der Waals surface area contributed by atoms with Gasteiger partial charge in [-0.2, -0.15) is 0 Å². The number of anilines is 2. The average Bonchev–Trinajstić information content (AvgIpc) is 3.43. The van der Waals surface area contributed by atoms with E-state index in [4.69, 9.17) is 0 Å². The summed E-state index contributed by atoms with van der Waals surface area (Å²) in [5.74, 6) is 0. The molecule has 3 heterocycles. The van der Waals surface area contributed by atoms with Crippen molar-refractivity contribution in [1.82, 2.24) is 4.57 Å². The first-order valence-corrected chi connectivity index (χ1v) is 15.2. The van der Waals surface area contributed by atoms with Crippen LogP contribution >= 0.6 is 0 Å². The van der Waals surface area contributed by atoms with Crippen LogP contribution in [0.4, 0.5) is 11.4 Å². The molecule has 202 valence electrons. The minimum atomic E-state index is 0.175. The molecule has 0 unspecified atom stereocenters. The topological polar surface area (TPSA) is 8.17 Å². The Kier molecular flexibility index (Phi) is 5.46. The van der Waals surface area contributed by atoms with Gasteiger partial charge in [-0.05, 0) is 57.7 Å². The number of fused-ring (bicyclic) bond motifs is 4. The number of para-hydroxylation sites is 2. The Morgan fingerprint density at radius 3 is 1.88 bits per heavy atom. The Morgan fingerprint density at radius 2 is 1.09 bits per heavy atom. The fourth-order valence-electron chi connectivity index (χ4n) is 7.58. The van der Waals surface area contributed by atoms with Crippen LogP contribution in [0.3, 0.4) is 0 Å². The number of hydrogen-bond acceptors (Lipinski definition) is 1. The summed E-state index contributed by atoms with van der Waals surface area (Å²) < 4.78 is 2.57. The van der Waals surface area contributed by atoms with E-state index >= 15 is 0 Å². The van der Waals surface area contributed by atoms with Crippen molar-refractivity contribution in [3.8, 4) is 28.1 Å². The minimum absolute atomic E-state index is 0.175. The molecule has 0 spiro atoms. The van der Waals surface area contributed by atoms with Crippen LogP contribution in [0.5, 0.6) is 0 Å². The molecular weight excluding hydrogens is 519 g/mol. The van der Waals surface area contributed by atoms with Gasteiger partial charge in [-0.3, -0.25) is 0 Å². The molecule has 0 saturated carbocycles. The zero-order valence-electron chi connectivity index (χ0n) is 23.8. The van der Waals surface area contributed by atoms with Gasteiger partial charge in [0.25, 0.3) is 6.71 Å². The van der Waals surface area contributed by atoms with Crippen LogP contribution in [-0.2, 0) is 6.42 Å². The van der Waals surface area contributed by atoms with Gasteiger partial charge in [-0.15, -0.1) is 0 Å². The largest absolute Gasteiger partial charge is 0.342 e. The summed E-state index contributed by atoms with van der Waals surface area (Å²) in [4.78, 5) is 2.56. The predicted octanol–water partition coefficient (Wildman–Crippen LogP) is 7.49. The lowest BCUT2D eigenvalue weighted by molar-refractivity contribution is 0.915. The van der Waals surface area contributed by atoms with Gasteiger partial charge in [0.15, 0.2) is 0 Å². The number of rotatable bonds is 5. The zero-order valence-corrected chi connectivity index (χ0v) is 23.8. The van der Waals surface area contributed by atoms with Crippen molar-refractivity contribution in [3.05, 3.63) is 157 Å². The van der Waals surface area contributed by atoms with Crippen LogP contribution in [-0.4, -0.2) is 17.8 Å². The molecule has 2 aliphatic rings. The molecule has 0 bridgehead atoms. The molecule has 1 aromatic heterocycles. The van der Waals surface area contributed by atoms with Crippen LogP contribution < -0.4 is 21.3 Å². The van der Waals surface area contributed by atoms with Gasteiger partial charge >= 0.3 is 0 Å². The molecule has 9 rings (SSSR count). The van der Waals surface area contributed by atoms with E-state index in [1.54, 1.807) is 0 Å².